The van der Waals surface area contributed by atoms with E-state index in [0.29, 0.717) is 11.6 Å². The van der Waals surface area contributed by atoms with E-state index in [9.17, 15) is 9.59 Å². The summed E-state index contributed by atoms with van der Waals surface area (Å²) in [6, 6.07) is 7.54. The average Bonchev–Trinajstić information content (AvgIpc) is 2.67. The van der Waals surface area contributed by atoms with E-state index in [1.807, 2.05) is 24.3 Å². The average molecular weight is 270 g/mol. The Kier molecular flexibility index (Phi) is 4.03. The molecule has 0 aliphatic carbocycles. The van der Waals surface area contributed by atoms with Gasteiger partial charge in [-0.05, 0) is 23.1 Å². The molecule has 3 amide bonds. The van der Waals surface area contributed by atoms with Crippen molar-refractivity contribution in [3.05, 3.63) is 53.7 Å². The maximum Gasteiger partial charge on any atom is 0.329 e. The van der Waals surface area contributed by atoms with Crippen LogP contribution >= 0.6 is 0 Å². The van der Waals surface area contributed by atoms with Crippen LogP contribution in [0, 0.1) is 0 Å². The van der Waals surface area contributed by atoms with Crippen molar-refractivity contribution < 1.29 is 9.59 Å². The van der Waals surface area contributed by atoms with Gasteiger partial charge in [-0.2, -0.15) is 0 Å². The molecule has 1 aliphatic rings. The van der Waals surface area contributed by atoms with Crippen LogP contribution in [0.25, 0.3) is 6.08 Å². The first kappa shape index (κ1) is 14.1. The number of carbonyl (C=O) groups is 2. The quantitative estimate of drug-likeness (QED) is 0.519. The van der Waals surface area contributed by atoms with E-state index in [1.54, 1.807) is 6.08 Å². The highest BCUT2D eigenvalue weighted by atomic mass is 16.2. The van der Waals surface area contributed by atoms with Crippen LogP contribution in [-0.4, -0.2) is 23.4 Å². The fraction of sp³-hybridized carbons (Fsp3) is 0.250. The summed E-state index contributed by atoms with van der Waals surface area (Å²) < 4.78 is 0. The Morgan fingerprint density at radius 2 is 1.90 bits per heavy atom. The highest BCUT2D eigenvalue weighted by Gasteiger charge is 2.32. The van der Waals surface area contributed by atoms with Gasteiger partial charge in [0, 0.05) is 6.54 Å². The van der Waals surface area contributed by atoms with Crippen molar-refractivity contribution in [1.29, 1.82) is 0 Å². The third kappa shape index (κ3) is 2.79. The van der Waals surface area contributed by atoms with Crippen LogP contribution in [0.2, 0.25) is 0 Å². The van der Waals surface area contributed by atoms with E-state index in [1.165, 1.54) is 11.6 Å². The van der Waals surface area contributed by atoms with Crippen molar-refractivity contribution in [1.82, 2.24) is 10.2 Å². The molecule has 0 saturated carbocycles. The van der Waals surface area contributed by atoms with Crippen molar-refractivity contribution in [3.63, 3.8) is 0 Å². The summed E-state index contributed by atoms with van der Waals surface area (Å²) in [5.74, 6) is 0.149. The first-order valence-corrected chi connectivity index (χ1v) is 6.58. The van der Waals surface area contributed by atoms with Crippen LogP contribution in [0.5, 0.6) is 0 Å². The number of imide groups is 1. The molecule has 104 valence electrons. The Bertz CT molecular complexity index is 571. The molecule has 4 heteroatoms. The molecule has 1 N–H and O–H groups in total. The first-order valence-electron chi connectivity index (χ1n) is 6.58. The van der Waals surface area contributed by atoms with Gasteiger partial charge >= 0.3 is 6.03 Å². The Morgan fingerprint density at radius 1 is 1.25 bits per heavy atom. The van der Waals surface area contributed by atoms with E-state index < -0.39 is 6.03 Å². The van der Waals surface area contributed by atoms with Gasteiger partial charge in [-0.25, -0.2) is 4.79 Å². The number of hydrogen-bond acceptors (Lipinski definition) is 2. The van der Waals surface area contributed by atoms with Gasteiger partial charge in [-0.3, -0.25) is 9.69 Å². The van der Waals surface area contributed by atoms with E-state index in [2.05, 4.69) is 25.7 Å². The molecular weight excluding hydrogens is 252 g/mol. The maximum atomic E-state index is 12.0. The molecule has 0 bridgehead atoms. The van der Waals surface area contributed by atoms with Crippen LogP contribution in [0.15, 0.2) is 42.6 Å². The van der Waals surface area contributed by atoms with Gasteiger partial charge in [0.2, 0.25) is 0 Å². The number of carbonyl (C=O) groups excluding carboxylic acids is 2. The molecule has 20 heavy (non-hydrogen) atoms. The molecule has 1 fully saturated rings. The highest BCUT2D eigenvalue weighted by molar-refractivity contribution is 6.14. The van der Waals surface area contributed by atoms with Crippen LogP contribution in [-0.2, 0) is 4.79 Å². The fourth-order valence-electron chi connectivity index (χ4n) is 2.01. The summed E-state index contributed by atoms with van der Waals surface area (Å²) in [6.45, 7) is 8.00. The van der Waals surface area contributed by atoms with E-state index in [4.69, 9.17) is 0 Å². The summed E-state index contributed by atoms with van der Waals surface area (Å²) in [6.07, 6.45) is 3.21. The fourth-order valence-corrected chi connectivity index (χ4v) is 2.01. The van der Waals surface area contributed by atoms with Gasteiger partial charge in [0.1, 0.15) is 5.70 Å². The number of amides is 3. The first-order chi connectivity index (χ1) is 9.52. The number of hydrogen-bond donors (Lipinski definition) is 1. The Balaban J connectivity index is 2.21. The predicted molar refractivity (Wildman–Crippen MR) is 78.9 cm³/mol. The smallest absolute Gasteiger partial charge is 0.303 e. The summed E-state index contributed by atoms with van der Waals surface area (Å²) >= 11 is 0. The van der Waals surface area contributed by atoms with Gasteiger partial charge in [-0.1, -0.05) is 44.2 Å². The van der Waals surface area contributed by atoms with Crippen LogP contribution in [0.4, 0.5) is 4.79 Å². The molecule has 0 atom stereocenters. The normalized spacial score (nSPS) is 16.9. The van der Waals surface area contributed by atoms with Crippen LogP contribution < -0.4 is 5.32 Å². The van der Waals surface area contributed by atoms with Crippen LogP contribution in [0.3, 0.4) is 0 Å². The summed E-state index contributed by atoms with van der Waals surface area (Å²) in [5.41, 5.74) is 2.43. The number of benzene rings is 1. The molecule has 0 radical (unpaired) electrons. The second kappa shape index (κ2) is 5.74. The van der Waals surface area contributed by atoms with Crippen molar-refractivity contribution in [3.8, 4) is 0 Å². The molecule has 0 aromatic heterocycles. The maximum absolute atomic E-state index is 12.0. The van der Waals surface area contributed by atoms with Gasteiger partial charge in [-0.15, -0.1) is 6.58 Å². The second-order valence-electron chi connectivity index (χ2n) is 5.01. The third-order valence-electron chi connectivity index (χ3n) is 3.19. The van der Waals surface area contributed by atoms with Gasteiger partial charge in [0.25, 0.3) is 5.91 Å². The van der Waals surface area contributed by atoms with E-state index >= 15 is 0 Å². The molecular formula is C16H18N2O2. The lowest BCUT2D eigenvalue weighted by atomic mass is 10.0. The zero-order valence-corrected chi connectivity index (χ0v) is 11.7. The minimum absolute atomic E-state index is 0.217. The minimum atomic E-state index is -0.403. The highest BCUT2D eigenvalue weighted by Crippen LogP contribution is 2.18. The lowest BCUT2D eigenvalue weighted by Crippen LogP contribution is -2.30. The van der Waals surface area contributed by atoms with E-state index in [-0.39, 0.29) is 12.5 Å². The number of urea groups is 1. The molecule has 1 aromatic carbocycles. The third-order valence-corrected chi connectivity index (χ3v) is 3.19. The molecule has 1 heterocycles. The van der Waals surface area contributed by atoms with Crippen molar-refractivity contribution in [2.45, 2.75) is 19.8 Å². The molecule has 1 saturated heterocycles. The Morgan fingerprint density at radius 3 is 2.45 bits per heavy atom. The zero-order chi connectivity index (χ0) is 14.7. The molecule has 0 unspecified atom stereocenters. The monoisotopic (exact) mass is 270 g/mol. The number of nitrogens with one attached hydrogen (secondary N) is 1. The summed E-state index contributed by atoms with van der Waals surface area (Å²) in [5, 5.41) is 2.58. The van der Waals surface area contributed by atoms with Crippen molar-refractivity contribution in [2.24, 2.45) is 0 Å². The Hall–Kier alpha value is -2.36. The lowest BCUT2D eigenvalue weighted by molar-refractivity contribution is -0.122. The predicted octanol–water partition coefficient (Wildman–Crippen LogP) is 2.89. The molecule has 0 spiro atoms. The van der Waals surface area contributed by atoms with Crippen molar-refractivity contribution >= 4 is 18.0 Å². The zero-order valence-electron chi connectivity index (χ0n) is 11.7. The van der Waals surface area contributed by atoms with Gasteiger partial charge in [0.15, 0.2) is 0 Å². The summed E-state index contributed by atoms with van der Waals surface area (Å²) in [7, 11) is 0. The molecule has 2 rings (SSSR count). The standard InChI is InChI=1S/C16H18N2O2/c1-4-9-18-15(19)14(17-16(18)20)10-12-5-7-13(8-6-12)11(2)3/h4-8,10-11H,1,9H2,2-3H3,(H,17,20)/b14-10+. The van der Waals surface area contributed by atoms with Gasteiger partial charge < -0.3 is 5.32 Å². The number of rotatable bonds is 4. The summed E-state index contributed by atoms with van der Waals surface area (Å²) in [4.78, 5) is 24.8. The lowest BCUT2D eigenvalue weighted by Gasteiger charge is -2.07. The molecule has 1 aliphatic heterocycles. The van der Waals surface area contributed by atoms with E-state index in [0.717, 1.165) is 10.5 Å². The Labute approximate surface area is 118 Å². The molecule has 4 nitrogen and oxygen atoms in total. The number of nitrogens with zero attached hydrogens (tertiary/aromatic N) is 1. The van der Waals surface area contributed by atoms with Gasteiger partial charge in [0.05, 0.1) is 0 Å². The topological polar surface area (TPSA) is 49.4 Å². The molecule has 1 aromatic rings. The van der Waals surface area contributed by atoms with Crippen molar-refractivity contribution in [2.75, 3.05) is 6.54 Å². The second-order valence-corrected chi connectivity index (χ2v) is 5.01. The SMILES string of the molecule is C=CCN1C(=O)N/C(=C/c2ccc(C(C)C)cc2)C1=O. The minimum Gasteiger partial charge on any atom is -0.303 e. The largest absolute Gasteiger partial charge is 0.329 e. The van der Waals surface area contributed by atoms with Crippen LogP contribution in [0.1, 0.15) is 30.9 Å².